The highest BCUT2D eigenvalue weighted by molar-refractivity contribution is 9.10. The molecule has 2 N–H and O–H groups in total. The second-order valence-electron chi connectivity index (χ2n) is 5.06. The standard InChI is InChI=1S/C15H13BrN4O2/c16-11-3-1-9(2-4-11)12-5-6-18-15(19-12)20-8-10(14(17)22)7-13(20)21/h1-6,10H,7-8H2,(H2,17,22). The number of carbonyl (C=O) groups excluding carboxylic acids is 2. The maximum absolute atomic E-state index is 12.0. The highest BCUT2D eigenvalue weighted by Gasteiger charge is 2.35. The molecule has 1 saturated heterocycles. The molecular formula is C15H13BrN4O2. The number of anilines is 1. The second kappa shape index (κ2) is 5.84. The Morgan fingerprint density at radius 3 is 2.64 bits per heavy atom. The number of benzene rings is 1. The van der Waals surface area contributed by atoms with Gasteiger partial charge in [0.25, 0.3) is 0 Å². The van der Waals surface area contributed by atoms with E-state index in [4.69, 9.17) is 5.73 Å². The van der Waals surface area contributed by atoms with Crippen molar-refractivity contribution < 1.29 is 9.59 Å². The summed E-state index contributed by atoms with van der Waals surface area (Å²) >= 11 is 3.38. The Labute approximate surface area is 135 Å². The number of rotatable bonds is 3. The predicted molar refractivity (Wildman–Crippen MR) is 84.8 cm³/mol. The number of hydrogen-bond donors (Lipinski definition) is 1. The van der Waals surface area contributed by atoms with Crippen LogP contribution < -0.4 is 10.6 Å². The van der Waals surface area contributed by atoms with Crippen LogP contribution in [0.25, 0.3) is 11.3 Å². The summed E-state index contributed by atoms with van der Waals surface area (Å²) in [5.41, 5.74) is 6.91. The SMILES string of the molecule is NC(=O)C1CC(=O)N(c2nccc(-c3ccc(Br)cc3)n2)C1. The first-order chi connectivity index (χ1) is 10.5. The topological polar surface area (TPSA) is 89.2 Å². The molecule has 2 amide bonds. The van der Waals surface area contributed by atoms with Crippen LogP contribution in [0.1, 0.15) is 6.42 Å². The maximum atomic E-state index is 12.0. The van der Waals surface area contributed by atoms with E-state index in [1.54, 1.807) is 12.3 Å². The van der Waals surface area contributed by atoms with Crippen molar-refractivity contribution in [3.63, 3.8) is 0 Å². The lowest BCUT2D eigenvalue weighted by Crippen LogP contribution is -2.29. The van der Waals surface area contributed by atoms with E-state index in [1.165, 1.54) is 4.90 Å². The molecule has 0 radical (unpaired) electrons. The minimum atomic E-state index is -0.479. The molecule has 1 atom stereocenters. The number of primary amides is 1. The van der Waals surface area contributed by atoms with Crippen molar-refractivity contribution in [1.82, 2.24) is 9.97 Å². The molecule has 3 rings (SSSR count). The lowest BCUT2D eigenvalue weighted by molar-refractivity contribution is -0.123. The van der Waals surface area contributed by atoms with Crippen LogP contribution in [-0.4, -0.2) is 28.3 Å². The maximum Gasteiger partial charge on any atom is 0.232 e. The van der Waals surface area contributed by atoms with Crippen molar-refractivity contribution in [1.29, 1.82) is 0 Å². The van der Waals surface area contributed by atoms with Gasteiger partial charge < -0.3 is 5.73 Å². The molecule has 1 aliphatic heterocycles. The first-order valence-corrected chi connectivity index (χ1v) is 7.52. The van der Waals surface area contributed by atoms with Crippen molar-refractivity contribution in [2.45, 2.75) is 6.42 Å². The zero-order valence-corrected chi connectivity index (χ0v) is 13.2. The van der Waals surface area contributed by atoms with E-state index in [9.17, 15) is 9.59 Å². The first kappa shape index (κ1) is 14.6. The Hall–Kier alpha value is -2.28. The lowest BCUT2D eigenvalue weighted by atomic mass is 10.1. The van der Waals surface area contributed by atoms with Gasteiger partial charge in [0.2, 0.25) is 17.8 Å². The van der Waals surface area contributed by atoms with Crippen molar-refractivity contribution in [2.24, 2.45) is 11.7 Å². The molecule has 0 spiro atoms. The molecule has 7 heteroatoms. The quantitative estimate of drug-likeness (QED) is 0.902. The molecule has 112 valence electrons. The Kier molecular flexibility index (Phi) is 3.89. The van der Waals surface area contributed by atoms with E-state index in [0.717, 1.165) is 10.0 Å². The molecule has 1 aromatic carbocycles. The van der Waals surface area contributed by atoms with Gasteiger partial charge in [-0.3, -0.25) is 14.5 Å². The summed E-state index contributed by atoms with van der Waals surface area (Å²) in [6.07, 6.45) is 1.71. The highest BCUT2D eigenvalue weighted by atomic mass is 79.9. The van der Waals surface area contributed by atoms with Crippen LogP contribution in [0.2, 0.25) is 0 Å². The van der Waals surface area contributed by atoms with Crippen LogP contribution in [0.15, 0.2) is 41.0 Å². The highest BCUT2D eigenvalue weighted by Crippen LogP contribution is 2.25. The van der Waals surface area contributed by atoms with Gasteiger partial charge >= 0.3 is 0 Å². The number of carbonyl (C=O) groups is 2. The van der Waals surface area contributed by atoms with Gasteiger partial charge in [-0.1, -0.05) is 28.1 Å². The van der Waals surface area contributed by atoms with Gasteiger partial charge in [0.1, 0.15) is 0 Å². The fourth-order valence-electron chi connectivity index (χ4n) is 2.35. The molecule has 6 nitrogen and oxygen atoms in total. The Balaban J connectivity index is 1.90. The molecule has 1 fully saturated rings. The van der Waals surface area contributed by atoms with E-state index in [1.807, 2.05) is 24.3 Å². The zero-order chi connectivity index (χ0) is 15.7. The number of halogens is 1. The lowest BCUT2D eigenvalue weighted by Gasteiger charge is -2.14. The molecule has 0 bridgehead atoms. The summed E-state index contributed by atoms with van der Waals surface area (Å²) in [4.78, 5) is 33.2. The summed E-state index contributed by atoms with van der Waals surface area (Å²) in [7, 11) is 0. The molecule has 2 aromatic rings. The minimum absolute atomic E-state index is 0.112. The van der Waals surface area contributed by atoms with Crippen LogP contribution >= 0.6 is 15.9 Å². The molecule has 0 aliphatic carbocycles. The second-order valence-corrected chi connectivity index (χ2v) is 5.97. The third-order valence-corrected chi connectivity index (χ3v) is 4.08. The van der Waals surface area contributed by atoms with Gasteiger partial charge in [-0.25, -0.2) is 9.97 Å². The summed E-state index contributed by atoms with van der Waals surface area (Å²) < 4.78 is 0.976. The zero-order valence-electron chi connectivity index (χ0n) is 11.6. The first-order valence-electron chi connectivity index (χ1n) is 6.73. The molecular weight excluding hydrogens is 348 g/mol. The van der Waals surface area contributed by atoms with Crippen LogP contribution in [0.5, 0.6) is 0 Å². The molecule has 22 heavy (non-hydrogen) atoms. The molecule has 1 aliphatic rings. The number of amides is 2. The van der Waals surface area contributed by atoms with E-state index in [0.29, 0.717) is 11.6 Å². The molecule has 1 aromatic heterocycles. The summed E-state index contributed by atoms with van der Waals surface area (Å²) in [5, 5.41) is 0. The molecule has 2 heterocycles. The van der Waals surface area contributed by atoms with Crippen molar-refractivity contribution >= 4 is 33.7 Å². The predicted octanol–water partition coefficient (Wildman–Crippen LogP) is 1.74. The van der Waals surface area contributed by atoms with Crippen molar-refractivity contribution in [2.75, 3.05) is 11.4 Å². The van der Waals surface area contributed by atoms with E-state index >= 15 is 0 Å². The molecule has 0 saturated carbocycles. The van der Waals surface area contributed by atoms with Gasteiger partial charge in [0.05, 0.1) is 11.6 Å². The summed E-state index contributed by atoms with van der Waals surface area (Å²) in [6, 6.07) is 9.46. The van der Waals surface area contributed by atoms with E-state index < -0.39 is 11.8 Å². The Morgan fingerprint density at radius 1 is 1.27 bits per heavy atom. The normalized spacial score (nSPS) is 17.8. The fraction of sp³-hybridized carbons (Fsp3) is 0.200. The van der Waals surface area contributed by atoms with Crippen LogP contribution in [0.4, 0.5) is 5.95 Å². The van der Waals surface area contributed by atoms with Crippen molar-refractivity contribution in [3.05, 3.63) is 41.0 Å². The van der Waals surface area contributed by atoms with Gasteiger partial charge in [-0.2, -0.15) is 0 Å². The van der Waals surface area contributed by atoms with Gasteiger partial charge in [-0.05, 0) is 18.2 Å². The van der Waals surface area contributed by atoms with Crippen LogP contribution in [0, 0.1) is 5.92 Å². The number of hydrogen-bond acceptors (Lipinski definition) is 4. The number of nitrogens with two attached hydrogens (primary N) is 1. The average Bonchev–Trinajstić information content (AvgIpc) is 2.90. The van der Waals surface area contributed by atoms with Gasteiger partial charge in [0, 0.05) is 29.2 Å². The average molecular weight is 361 g/mol. The molecule has 1 unspecified atom stereocenters. The third kappa shape index (κ3) is 2.85. The van der Waals surface area contributed by atoms with Gasteiger partial charge in [-0.15, -0.1) is 0 Å². The summed E-state index contributed by atoms with van der Waals surface area (Å²) in [6.45, 7) is 0.234. The van der Waals surface area contributed by atoms with Crippen LogP contribution in [-0.2, 0) is 9.59 Å². The smallest absolute Gasteiger partial charge is 0.232 e. The Morgan fingerprint density at radius 2 is 2.00 bits per heavy atom. The van der Waals surface area contributed by atoms with Crippen molar-refractivity contribution in [3.8, 4) is 11.3 Å². The fourth-order valence-corrected chi connectivity index (χ4v) is 2.62. The monoisotopic (exact) mass is 360 g/mol. The van der Waals surface area contributed by atoms with Gasteiger partial charge in [0.15, 0.2) is 0 Å². The van der Waals surface area contributed by atoms with Crippen LogP contribution in [0.3, 0.4) is 0 Å². The third-order valence-electron chi connectivity index (χ3n) is 3.55. The van der Waals surface area contributed by atoms with E-state index in [2.05, 4.69) is 25.9 Å². The Bertz CT molecular complexity index is 733. The number of nitrogens with zero attached hydrogens (tertiary/aromatic N) is 3. The largest absolute Gasteiger partial charge is 0.369 e. The van der Waals surface area contributed by atoms with E-state index in [-0.39, 0.29) is 18.9 Å². The number of aromatic nitrogens is 2. The minimum Gasteiger partial charge on any atom is -0.369 e. The summed E-state index contributed by atoms with van der Waals surface area (Å²) in [5.74, 6) is -0.835.